The molecule has 0 fully saturated rings. The molecule has 0 atom stereocenters. The molecule has 0 saturated carbocycles. The molecule has 1 heterocycles. The van der Waals surface area contributed by atoms with Crippen molar-refractivity contribution in [2.45, 2.75) is 0 Å². The summed E-state index contributed by atoms with van der Waals surface area (Å²) in [4.78, 5) is 48.6. The molecule has 0 N–H and O–H groups in total. The van der Waals surface area contributed by atoms with Gasteiger partial charge in [-0.1, -0.05) is 78.9 Å². The predicted molar refractivity (Wildman–Crippen MR) is 196 cm³/mol. The first-order chi connectivity index (χ1) is 25.2. The van der Waals surface area contributed by atoms with E-state index in [1.807, 2.05) is 97.1 Å². The van der Waals surface area contributed by atoms with Gasteiger partial charge in [-0.25, -0.2) is 0 Å². The topological polar surface area (TPSA) is 179 Å². The zero-order valence-corrected chi connectivity index (χ0v) is 26.8. The number of para-hydroxylation sites is 4. The fraction of sp³-hybridized carbons (Fsp3) is 0. The van der Waals surface area contributed by atoms with Crippen LogP contribution in [0, 0.1) is 40.5 Å². The number of nitrogens with zero attached hydrogens (tertiary/aromatic N) is 6. The highest BCUT2D eigenvalue weighted by Gasteiger charge is 2.40. The summed E-state index contributed by atoms with van der Waals surface area (Å²) in [6.07, 6.45) is 10.1. The maximum atomic E-state index is 12.1. The molecule has 5 aromatic carbocycles. The van der Waals surface area contributed by atoms with Gasteiger partial charge in [0.15, 0.2) is 0 Å². The van der Waals surface area contributed by atoms with Crippen molar-refractivity contribution in [3.63, 3.8) is 0 Å². The van der Waals surface area contributed by atoms with Crippen molar-refractivity contribution in [1.29, 1.82) is 0 Å². The smallest absolute Gasteiger partial charge is 0.284 e. The van der Waals surface area contributed by atoms with Gasteiger partial charge in [-0.15, -0.1) is 0 Å². The zero-order chi connectivity index (χ0) is 36.5. The molecule has 7 rings (SSSR count). The lowest BCUT2D eigenvalue weighted by atomic mass is 10.0. The number of benzene rings is 5. The number of hydrogen-bond acceptors (Lipinski definition) is 10. The van der Waals surface area contributed by atoms with Crippen LogP contribution in [0.4, 0.5) is 45.5 Å². The van der Waals surface area contributed by atoms with E-state index < -0.39 is 42.4 Å². The SMILES string of the molecule is O=[N+]([O-])c1cc2c(c([N+](=O)[O-])c1)-c1c(cc([N+](=O)[O-])cc1[N+](=O)[O-])C2=C/C=C/C=C/C=C1N(c2ccccc2)c2ccccc2N1c1ccccc1. The van der Waals surface area contributed by atoms with Crippen molar-refractivity contribution in [3.05, 3.63) is 203 Å². The highest BCUT2D eigenvalue weighted by atomic mass is 16.6. The van der Waals surface area contributed by atoms with E-state index in [-0.39, 0.29) is 27.8 Å². The maximum absolute atomic E-state index is 12.1. The number of nitro benzene ring substituents is 4. The maximum Gasteiger partial charge on any atom is 0.284 e. The van der Waals surface area contributed by atoms with Gasteiger partial charge in [-0.05, 0) is 48.0 Å². The molecule has 0 aromatic heterocycles. The fourth-order valence-electron chi connectivity index (χ4n) is 6.45. The minimum atomic E-state index is -0.867. The Morgan fingerprint density at radius 1 is 0.462 bits per heavy atom. The van der Waals surface area contributed by atoms with Gasteiger partial charge in [0.1, 0.15) is 5.82 Å². The molecule has 1 aliphatic carbocycles. The van der Waals surface area contributed by atoms with Gasteiger partial charge in [-0.2, -0.15) is 0 Å². The summed E-state index contributed by atoms with van der Waals surface area (Å²) in [5.74, 6) is 0.833. The van der Waals surface area contributed by atoms with Gasteiger partial charge >= 0.3 is 0 Å². The van der Waals surface area contributed by atoms with Crippen LogP contribution in [-0.4, -0.2) is 19.7 Å². The zero-order valence-electron chi connectivity index (χ0n) is 26.8. The average molecular weight is 693 g/mol. The Bertz CT molecular complexity index is 2290. The van der Waals surface area contributed by atoms with E-state index in [0.29, 0.717) is 0 Å². The summed E-state index contributed by atoms with van der Waals surface area (Å²) >= 11 is 0. The van der Waals surface area contributed by atoms with E-state index in [1.54, 1.807) is 18.2 Å². The molecule has 0 bridgehead atoms. The van der Waals surface area contributed by atoms with Crippen molar-refractivity contribution in [3.8, 4) is 11.1 Å². The molecule has 0 spiro atoms. The second-order valence-electron chi connectivity index (χ2n) is 11.5. The first kappa shape index (κ1) is 32.8. The van der Waals surface area contributed by atoms with Crippen LogP contribution >= 0.6 is 0 Å². The quantitative estimate of drug-likeness (QED) is 0.0804. The normalized spacial score (nSPS) is 12.9. The van der Waals surface area contributed by atoms with Crippen LogP contribution < -0.4 is 9.80 Å². The Labute approximate surface area is 294 Å². The van der Waals surface area contributed by atoms with Gasteiger partial charge in [0.2, 0.25) is 0 Å². The molecule has 0 amide bonds. The van der Waals surface area contributed by atoms with Crippen molar-refractivity contribution in [2.24, 2.45) is 0 Å². The minimum absolute atomic E-state index is 0.0315. The van der Waals surface area contributed by atoms with Gasteiger partial charge in [0, 0.05) is 34.6 Å². The molecule has 0 saturated heterocycles. The molecule has 1 aliphatic heterocycles. The Hall–Kier alpha value is -7.74. The van der Waals surface area contributed by atoms with E-state index in [1.165, 1.54) is 6.08 Å². The van der Waals surface area contributed by atoms with E-state index in [0.717, 1.165) is 52.8 Å². The van der Waals surface area contributed by atoms with Crippen LogP contribution in [0.25, 0.3) is 16.7 Å². The Balaban J connectivity index is 1.33. The lowest BCUT2D eigenvalue weighted by Gasteiger charge is -2.25. The van der Waals surface area contributed by atoms with E-state index in [9.17, 15) is 40.5 Å². The monoisotopic (exact) mass is 692 g/mol. The first-order valence-corrected chi connectivity index (χ1v) is 15.6. The number of allylic oxidation sites excluding steroid dienone is 6. The molecular weight excluding hydrogens is 668 g/mol. The Morgan fingerprint density at radius 2 is 0.865 bits per heavy atom. The second kappa shape index (κ2) is 13.3. The molecule has 2 aliphatic rings. The summed E-state index contributed by atoms with van der Waals surface area (Å²) in [6, 6.07) is 31.4. The summed E-state index contributed by atoms with van der Waals surface area (Å²) in [5, 5.41) is 47.7. The number of fused-ring (bicyclic) bond motifs is 4. The third kappa shape index (κ3) is 5.71. The summed E-state index contributed by atoms with van der Waals surface area (Å²) in [7, 11) is 0. The van der Waals surface area contributed by atoms with E-state index in [2.05, 4.69) is 9.80 Å². The van der Waals surface area contributed by atoms with Crippen LogP contribution in [0.15, 0.2) is 151 Å². The van der Waals surface area contributed by atoms with Crippen LogP contribution in [0.2, 0.25) is 0 Å². The first-order valence-electron chi connectivity index (χ1n) is 15.6. The van der Waals surface area contributed by atoms with Gasteiger partial charge in [0.25, 0.3) is 22.7 Å². The predicted octanol–water partition coefficient (Wildman–Crippen LogP) is 9.68. The Morgan fingerprint density at radius 3 is 1.27 bits per heavy atom. The number of non-ortho nitro benzene ring substituents is 2. The molecule has 5 aromatic rings. The fourth-order valence-corrected chi connectivity index (χ4v) is 6.45. The minimum Gasteiger partial charge on any atom is -0.294 e. The largest absolute Gasteiger partial charge is 0.294 e. The van der Waals surface area contributed by atoms with Crippen molar-refractivity contribution in [1.82, 2.24) is 0 Å². The van der Waals surface area contributed by atoms with E-state index in [4.69, 9.17) is 0 Å². The molecule has 254 valence electrons. The van der Waals surface area contributed by atoms with Crippen molar-refractivity contribution in [2.75, 3.05) is 9.80 Å². The lowest BCUT2D eigenvalue weighted by molar-refractivity contribution is -0.395. The molecule has 0 unspecified atom stereocenters. The molecule has 0 radical (unpaired) electrons. The van der Waals surface area contributed by atoms with Crippen molar-refractivity contribution >= 4 is 51.1 Å². The van der Waals surface area contributed by atoms with Crippen LogP contribution in [0.1, 0.15) is 11.1 Å². The van der Waals surface area contributed by atoms with Gasteiger partial charge < -0.3 is 0 Å². The third-order valence-corrected chi connectivity index (χ3v) is 8.54. The summed E-state index contributed by atoms with van der Waals surface area (Å²) in [5.41, 5.74) is 0.747. The molecule has 14 nitrogen and oxygen atoms in total. The number of rotatable bonds is 9. The lowest BCUT2D eigenvalue weighted by Crippen LogP contribution is -2.21. The number of hydrogen-bond donors (Lipinski definition) is 0. The number of nitro groups is 4. The standard InChI is InChI=1S/C38H24N6O8/c45-41(46)27-21-30-29(31-22-28(42(47)48)24-35(44(51)52)38(31)37(30)34(23-27)43(49)50)17-9-1-2-10-20-36-39(25-13-5-3-6-14-25)32-18-11-12-19-33(32)40(36)26-15-7-4-8-16-26/h1-24H/b9-1+,10-2+. The number of anilines is 4. The summed E-state index contributed by atoms with van der Waals surface area (Å²) in [6.45, 7) is 0. The van der Waals surface area contributed by atoms with Crippen molar-refractivity contribution < 1.29 is 19.7 Å². The third-order valence-electron chi connectivity index (χ3n) is 8.54. The molecule has 14 heteroatoms. The van der Waals surface area contributed by atoms with Crippen LogP contribution in [0.3, 0.4) is 0 Å². The average Bonchev–Trinajstić information content (AvgIpc) is 3.65. The molecular formula is C38H24N6O8. The van der Waals surface area contributed by atoms with Crippen LogP contribution in [-0.2, 0) is 0 Å². The second-order valence-corrected chi connectivity index (χ2v) is 11.5. The highest BCUT2D eigenvalue weighted by molar-refractivity contribution is 6.08. The van der Waals surface area contributed by atoms with E-state index >= 15 is 0 Å². The summed E-state index contributed by atoms with van der Waals surface area (Å²) < 4.78 is 0. The van der Waals surface area contributed by atoms with Gasteiger partial charge in [0.05, 0.1) is 54.3 Å². The van der Waals surface area contributed by atoms with Gasteiger partial charge in [-0.3, -0.25) is 50.3 Å². The van der Waals surface area contributed by atoms with Crippen LogP contribution in [0.5, 0.6) is 0 Å². The Kier molecular flexibility index (Phi) is 8.38. The highest BCUT2D eigenvalue weighted by Crippen LogP contribution is 2.54. The molecule has 52 heavy (non-hydrogen) atoms.